The zero-order chi connectivity index (χ0) is 20.9. The minimum absolute atomic E-state index is 0.0397. The maximum Gasteiger partial charge on any atom is 0.0667 e. The molecule has 0 aliphatic carbocycles. The van der Waals surface area contributed by atoms with Gasteiger partial charge in [0.25, 0.3) is 0 Å². The van der Waals surface area contributed by atoms with Gasteiger partial charge in [-0.15, -0.1) is 0 Å². The van der Waals surface area contributed by atoms with Crippen molar-refractivity contribution in [2.24, 2.45) is 0 Å². The summed E-state index contributed by atoms with van der Waals surface area (Å²) in [4.78, 5) is 0. The SMILES string of the molecule is C(#Cc1ccccc1)C1=C(c2ccccc2)[C@H](c2ccccc2)N[C@@H]1c1ccccc1. The van der Waals surface area contributed by atoms with E-state index in [-0.39, 0.29) is 12.1 Å². The molecule has 1 heteroatoms. The van der Waals surface area contributed by atoms with Gasteiger partial charge in [-0.3, -0.25) is 5.32 Å². The fourth-order valence-corrected chi connectivity index (χ4v) is 4.20. The Kier molecular flexibility index (Phi) is 5.48. The monoisotopic (exact) mass is 397 g/mol. The fourth-order valence-electron chi connectivity index (χ4n) is 4.20. The van der Waals surface area contributed by atoms with Crippen LogP contribution in [-0.2, 0) is 0 Å². The molecule has 0 amide bonds. The van der Waals surface area contributed by atoms with Gasteiger partial charge in [0.2, 0.25) is 0 Å². The molecule has 5 rings (SSSR count). The smallest absolute Gasteiger partial charge is 0.0667 e. The lowest BCUT2D eigenvalue weighted by molar-refractivity contribution is 0.605. The van der Waals surface area contributed by atoms with Crippen molar-refractivity contribution in [3.8, 4) is 11.8 Å². The van der Waals surface area contributed by atoms with E-state index in [0.717, 1.165) is 11.1 Å². The molecule has 1 aliphatic rings. The summed E-state index contributed by atoms with van der Waals surface area (Å²) in [5.74, 6) is 6.97. The van der Waals surface area contributed by atoms with Gasteiger partial charge in [0.1, 0.15) is 0 Å². The van der Waals surface area contributed by atoms with E-state index in [0.29, 0.717) is 0 Å². The molecule has 0 unspecified atom stereocenters. The van der Waals surface area contributed by atoms with Crippen molar-refractivity contribution in [1.29, 1.82) is 0 Å². The number of nitrogens with one attached hydrogen (secondary N) is 1. The van der Waals surface area contributed by atoms with E-state index >= 15 is 0 Å². The van der Waals surface area contributed by atoms with E-state index in [1.54, 1.807) is 0 Å². The largest absolute Gasteiger partial charge is 0.295 e. The van der Waals surface area contributed by atoms with Crippen LogP contribution in [0.2, 0.25) is 0 Å². The highest BCUT2D eigenvalue weighted by molar-refractivity contribution is 5.81. The first-order valence-corrected chi connectivity index (χ1v) is 10.6. The van der Waals surface area contributed by atoms with Gasteiger partial charge in [-0.1, -0.05) is 121 Å². The maximum absolute atomic E-state index is 3.88. The quantitative estimate of drug-likeness (QED) is 0.385. The average Bonchev–Trinajstić information content (AvgIpc) is 3.24. The summed E-state index contributed by atoms with van der Waals surface area (Å²) in [5.41, 5.74) is 7.10. The Morgan fingerprint density at radius 3 is 1.55 bits per heavy atom. The zero-order valence-corrected chi connectivity index (χ0v) is 17.2. The summed E-state index contributed by atoms with van der Waals surface area (Å²) in [6.45, 7) is 0. The molecule has 1 nitrogen and oxygen atoms in total. The van der Waals surface area contributed by atoms with Crippen molar-refractivity contribution in [2.75, 3.05) is 0 Å². The zero-order valence-electron chi connectivity index (χ0n) is 17.2. The highest BCUT2D eigenvalue weighted by atomic mass is 15.0. The molecule has 0 spiro atoms. The molecule has 4 aromatic carbocycles. The van der Waals surface area contributed by atoms with Crippen molar-refractivity contribution in [3.63, 3.8) is 0 Å². The average molecular weight is 398 g/mol. The van der Waals surface area contributed by atoms with Crippen LogP contribution < -0.4 is 5.32 Å². The first-order chi connectivity index (χ1) is 15.4. The van der Waals surface area contributed by atoms with E-state index in [2.05, 4.69) is 120 Å². The molecule has 4 aromatic rings. The Bertz CT molecular complexity index is 1230. The molecule has 1 heterocycles. The molecule has 1 aliphatic heterocycles. The van der Waals surface area contributed by atoms with Crippen LogP contribution in [0.15, 0.2) is 127 Å². The van der Waals surface area contributed by atoms with Crippen LogP contribution >= 0.6 is 0 Å². The summed E-state index contributed by atoms with van der Waals surface area (Å²) in [5, 5.41) is 3.88. The van der Waals surface area contributed by atoms with E-state index in [1.165, 1.54) is 22.3 Å². The molecule has 0 fully saturated rings. The van der Waals surface area contributed by atoms with Gasteiger partial charge >= 0.3 is 0 Å². The lowest BCUT2D eigenvalue weighted by atomic mass is 9.90. The summed E-state index contributed by atoms with van der Waals surface area (Å²) in [6, 6.07) is 42.2. The van der Waals surface area contributed by atoms with Crippen LogP contribution in [0.5, 0.6) is 0 Å². The van der Waals surface area contributed by atoms with E-state index in [1.807, 2.05) is 18.2 Å². The third-order valence-electron chi connectivity index (χ3n) is 5.67. The summed E-state index contributed by atoms with van der Waals surface area (Å²) in [6.07, 6.45) is 0. The Hall–Kier alpha value is -3.86. The second kappa shape index (κ2) is 8.88. The summed E-state index contributed by atoms with van der Waals surface area (Å²) in [7, 11) is 0. The Morgan fingerprint density at radius 2 is 0.968 bits per heavy atom. The van der Waals surface area contributed by atoms with Crippen molar-refractivity contribution >= 4 is 5.57 Å². The number of benzene rings is 4. The summed E-state index contributed by atoms with van der Waals surface area (Å²) >= 11 is 0. The molecule has 1 N–H and O–H groups in total. The predicted octanol–water partition coefficient (Wildman–Crippen LogP) is 6.58. The normalized spacial score (nSPS) is 17.8. The lowest BCUT2D eigenvalue weighted by Crippen LogP contribution is -2.20. The Labute approximate surface area is 184 Å². The third kappa shape index (κ3) is 4.08. The van der Waals surface area contributed by atoms with Gasteiger partial charge in [0.15, 0.2) is 0 Å². The van der Waals surface area contributed by atoms with Gasteiger partial charge in [-0.25, -0.2) is 0 Å². The van der Waals surface area contributed by atoms with E-state index in [4.69, 9.17) is 0 Å². The maximum atomic E-state index is 3.88. The van der Waals surface area contributed by atoms with Crippen LogP contribution in [0.1, 0.15) is 34.3 Å². The van der Waals surface area contributed by atoms with Crippen molar-refractivity contribution < 1.29 is 0 Å². The number of rotatable bonds is 3. The first-order valence-electron chi connectivity index (χ1n) is 10.6. The Balaban J connectivity index is 1.72. The van der Waals surface area contributed by atoms with E-state index < -0.39 is 0 Å². The van der Waals surface area contributed by atoms with Crippen molar-refractivity contribution in [1.82, 2.24) is 5.32 Å². The van der Waals surface area contributed by atoms with Gasteiger partial charge in [0.05, 0.1) is 12.1 Å². The fraction of sp³-hybridized carbons (Fsp3) is 0.0667. The lowest BCUT2D eigenvalue weighted by Gasteiger charge is -2.18. The van der Waals surface area contributed by atoms with Crippen LogP contribution in [-0.4, -0.2) is 0 Å². The number of hydrogen-bond acceptors (Lipinski definition) is 1. The molecular weight excluding hydrogens is 374 g/mol. The molecule has 0 aromatic heterocycles. The first kappa shape index (κ1) is 19.1. The molecule has 148 valence electrons. The topological polar surface area (TPSA) is 12.0 Å². The standard InChI is InChI=1S/C30H23N/c1-5-13-23(14-6-1)21-22-27-28(24-15-7-2-8-16-24)30(26-19-11-4-12-20-26)31-29(27)25-17-9-3-10-18-25/h1-20,29-31H/t29-,30+/m1/s1. The third-order valence-corrected chi connectivity index (χ3v) is 5.67. The van der Waals surface area contributed by atoms with Gasteiger partial charge in [0, 0.05) is 11.1 Å². The Morgan fingerprint density at radius 1 is 0.484 bits per heavy atom. The summed E-state index contributed by atoms with van der Waals surface area (Å²) < 4.78 is 0. The second-order valence-electron chi connectivity index (χ2n) is 7.66. The predicted molar refractivity (Wildman–Crippen MR) is 128 cm³/mol. The molecule has 0 bridgehead atoms. The molecule has 0 saturated carbocycles. The molecular formula is C30H23N. The van der Waals surface area contributed by atoms with Crippen LogP contribution in [0.3, 0.4) is 0 Å². The van der Waals surface area contributed by atoms with Gasteiger partial charge < -0.3 is 0 Å². The molecule has 31 heavy (non-hydrogen) atoms. The minimum Gasteiger partial charge on any atom is -0.295 e. The van der Waals surface area contributed by atoms with Crippen molar-refractivity contribution in [2.45, 2.75) is 12.1 Å². The second-order valence-corrected chi connectivity index (χ2v) is 7.66. The minimum atomic E-state index is 0.0397. The highest BCUT2D eigenvalue weighted by Gasteiger charge is 2.34. The molecule has 2 atom stereocenters. The van der Waals surface area contributed by atoms with Crippen molar-refractivity contribution in [3.05, 3.63) is 149 Å². The van der Waals surface area contributed by atoms with Gasteiger partial charge in [-0.2, -0.15) is 0 Å². The van der Waals surface area contributed by atoms with Gasteiger partial charge in [-0.05, 0) is 34.4 Å². The van der Waals surface area contributed by atoms with Crippen LogP contribution in [0.25, 0.3) is 5.57 Å². The number of hydrogen-bond donors (Lipinski definition) is 1. The van der Waals surface area contributed by atoms with E-state index in [9.17, 15) is 0 Å². The van der Waals surface area contributed by atoms with Crippen LogP contribution in [0, 0.1) is 11.8 Å². The molecule has 0 saturated heterocycles. The van der Waals surface area contributed by atoms with Crippen LogP contribution in [0.4, 0.5) is 0 Å². The molecule has 0 radical (unpaired) electrons. The highest BCUT2D eigenvalue weighted by Crippen LogP contribution is 2.44.